The summed E-state index contributed by atoms with van der Waals surface area (Å²) in [5, 5.41) is 0. The molecule has 0 heterocycles. The monoisotopic (exact) mass is 280 g/mol. The molecule has 0 amide bonds. The molecule has 1 rings (SSSR count). The van der Waals surface area contributed by atoms with Crippen molar-refractivity contribution in [3.8, 4) is 23.0 Å². The van der Waals surface area contributed by atoms with Gasteiger partial charge in [-0.3, -0.25) is 4.79 Å². The number of rotatable bonds is 6. The van der Waals surface area contributed by atoms with Crippen molar-refractivity contribution in [3.05, 3.63) is 17.2 Å². The van der Waals surface area contributed by atoms with Crippen LogP contribution in [0, 0.1) is 6.92 Å². The molecule has 1 aromatic carbocycles. The lowest BCUT2D eigenvalue weighted by atomic mass is 10.0. The summed E-state index contributed by atoms with van der Waals surface area (Å²) in [7, 11) is 6.14. The van der Waals surface area contributed by atoms with E-state index in [1.54, 1.807) is 13.2 Å². The van der Waals surface area contributed by atoms with Gasteiger partial charge >= 0.3 is 0 Å². The standard InChI is InChI=1S/C15H20O5/c1-9(16)7-8-11-10(2)12(17-3)14(19-5)15(20-6)13(11)18-4/h7-8H,1-6H3/b8-7+. The van der Waals surface area contributed by atoms with Crippen LogP contribution in [0.4, 0.5) is 0 Å². The Balaban J connectivity index is 3.68. The maximum Gasteiger partial charge on any atom is 0.207 e. The highest BCUT2D eigenvalue weighted by Crippen LogP contribution is 2.49. The molecule has 5 heteroatoms. The molecule has 0 bridgehead atoms. The Morgan fingerprint density at radius 1 is 0.850 bits per heavy atom. The highest BCUT2D eigenvalue weighted by molar-refractivity contribution is 5.93. The quantitative estimate of drug-likeness (QED) is 0.750. The van der Waals surface area contributed by atoms with Crippen LogP contribution in [-0.4, -0.2) is 34.2 Å². The van der Waals surface area contributed by atoms with Gasteiger partial charge in [-0.1, -0.05) is 0 Å². The first-order valence-corrected chi connectivity index (χ1v) is 6.06. The maximum absolute atomic E-state index is 11.1. The highest BCUT2D eigenvalue weighted by Gasteiger charge is 2.24. The number of hydrogen-bond donors (Lipinski definition) is 0. The zero-order chi connectivity index (χ0) is 15.3. The Hall–Kier alpha value is -2.17. The summed E-state index contributed by atoms with van der Waals surface area (Å²) in [6.07, 6.45) is 3.15. The third-order valence-electron chi connectivity index (χ3n) is 2.91. The fourth-order valence-electron chi connectivity index (χ4n) is 2.01. The Morgan fingerprint density at radius 2 is 1.30 bits per heavy atom. The predicted octanol–water partition coefficient (Wildman–Crippen LogP) is 2.63. The van der Waals surface area contributed by atoms with Crippen LogP contribution in [0.2, 0.25) is 0 Å². The van der Waals surface area contributed by atoms with Crippen LogP contribution >= 0.6 is 0 Å². The number of allylic oxidation sites excluding steroid dienone is 1. The van der Waals surface area contributed by atoms with E-state index in [9.17, 15) is 4.79 Å². The average Bonchev–Trinajstić information content (AvgIpc) is 2.43. The second-order valence-corrected chi connectivity index (χ2v) is 4.12. The van der Waals surface area contributed by atoms with Crippen molar-refractivity contribution in [2.24, 2.45) is 0 Å². The third kappa shape index (κ3) is 2.87. The van der Waals surface area contributed by atoms with E-state index < -0.39 is 0 Å². The van der Waals surface area contributed by atoms with Gasteiger partial charge in [0.1, 0.15) is 0 Å². The molecule has 0 aromatic heterocycles. The number of ketones is 1. The van der Waals surface area contributed by atoms with E-state index >= 15 is 0 Å². The van der Waals surface area contributed by atoms with Crippen molar-refractivity contribution in [2.45, 2.75) is 13.8 Å². The lowest BCUT2D eigenvalue weighted by Crippen LogP contribution is -2.02. The van der Waals surface area contributed by atoms with Crippen molar-refractivity contribution in [1.29, 1.82) is 0 Å². The minimum absolute atomic E-state index is 0.0554. The van der Waals surface area contributed by atoms with Gasteiger partial charge in [0, 0.05) is 11.1 Å². The zero-order valence-electron chi connectivity index (χ0n) is 12.7. The van der Waals surface area contributed by atoms with Gasteiger partial charge in [-0.25, -0.2) is 0 Å². The van der Waals surface area contributed by atoms with E-state index in [4.69, 9.17) is 18.9 Å². The fraction of sp³-hybridized carbons (Fsp3) is 0.400. The minimum atomic E-state index is -0.0554. The number of hydrogen-bond acceptors (Lipinski definition) is 5. The third-order valence-corrected chi connectivity index (χ3v) is 2.91. The summed E-state index contributed by atoms with van der Waals surface area (Å²) in [4.78, 5) is 11.1. The molecule has 0 radical (unpaired) electrons. The Labute approximate surface area is 119 Å². The minimum Gasteiger partial charge on any atom is -0.492 e. The molecule has 0 aliphatic heterocycles. The molecule has 0 spiro atoms. The van der Waals surface area contributed by atoms with E-state index in [1.807, 2.05) is 6.92 Å². The second-order valence-electron chi connectivity index (χ2n) is 4.12. The molecule has 5 nitrogen and oxygen atoms in total. The first-order valence-electron chi connectivity index (χ1n) is 6.06. The van der Waals surface area contributed by atoms with Crippen LogP contribution in [0.5, 0.6) is 23.0 Å². The van der Waals surface area contributed by atoms with Crippen LogP contribution in [0.25, 0.3) is 6.08 Å². The molecule has 1 aromatic rings. The number of benzene rings is 1. The number of methoxy groups -OCH3 is 4. The van der Waals surface area contributed by atoms with Crippen molar-refractivity contribution in [1.82, 2.24) is 0 Å². The van der Waals surface area contributed by atoms with Crippen LogP contribution < -0.4 is 18.9 Å². The first kappa shape index (κ1) is 15.9. The molecule has 0 aliphatic rings. The number of ether oxygens (including phenoxy) is 4. The summed E-state index contributed by atoms with van der Waals surface area (Å²) in [6.45, 7) is 3.35. The molecule has 20 heavy (non-hydrogen) atoms. The highest BCUT2D eigenvalue weighted by atomic mass is 16.5. The Morgan fingerprint density at radius 3 is 1.70 bits per heavy atom. The molecule has 0 N–H and O–H groups in total. The Kier molecular flexibility index (Phi) is 5.43. The molecular weight excluding hydrogens is 260 g/mol. The van der Waals surface area contributed by atoms with Gasteiger partial charge in [0.15, 0.2) is 17.3 Å². The summed E-state index contributed by atoms with van der Waals surface area (Å²) in [5.74, 6) is 1.89. The lowest BCUT2D eigenvalue weighted by Gasteiger charge is -2.20. The second kappa shape index (κ2) is 6.84. The molecule has 0 unspecified atom stereocenters. The molecule has 0 fully saturated rings. The van der Waals surface area contributed by atoms with Gasteiger partial charge in [-0.15, -0.1) is 0 Å². The van der Waals surface area contributed by atoms with Crippen LogP contribution in [0.15, 0.2) is 6.08 Å². The molecular formula is C15H20O5. The smallest absolute Gasteiger partial charge is 0.207 e. The van der Waals surface area contributed by atoms with Gasteiger partial charge in [0.2, 0.25) is 11.5 Å². The van der Waals surface area contributed by atoms with E-state index in [2.05, 4.69) is 0 Å². The normalized spacial score (nSPS) is 10.5. The Bertz CT molecular complexity index is 532. The van der Waals surface area contributed by atoms with Crippen molar-refractivity contribution in [3.63, 3.8) is 0 Å². The predicted molar refractivity (Wildman–Crippen MR) is 77.1 cm³/mol. The van der Waals surface area contributed by atoms with Gasteiger partial charge in [0.25, 0.3) is 0 Å². The van der Waals surface area contributed by atoms with Crippen molar-refractivity contribution >= 4 is 11.9 Å². The SMILES string of the molecule is COc1c(C)c(/C=C/C(C)=O)c(OC)c(OC)c1OC. The molecule has 0 saturated carbocycles. The van der Waals surface area contributed by atoms with Crippen LogP contribution in [0.1, 0.15) is 18.1 Å². The van der Waals surface area contributed by atoms with E-state index in [0.29, 0.717) is 23.0 Å². The lowest BCUT2D eigenvalue weighted by molar-refractivity contribution is -0.112. The molecule has 0 saturated heterocycles. The van der Waals surface area contributed by atoms with E-state index in [-0.39, 0.29) is 5.78 Å². The van der Waals surface area contributed by atoms with Gasteiger partial charge in [-0.05, 0) is 26.0 Å². The molecule has 0 aliphatic carbocycles. The van der Waals surface area contributed by atoms with Gasteiger partial charge in [0.05, 0.1) is 28.4 Å². The average molecular weight is 280 g/mol. The van der Waals surface area contributed by atoms with Crippen LogP contribution in [-0.2, 0) is 4.79 Å². The zero-order valence-corrected chi connectivity index (χ0v) is 12.7. The summed E-state index contributed by atoms with van der Waals surface area (Å²) in [6, 6.07) is 0. The molecule has 0 atom stereocenters. The van der Waals surface area contributed by atoms with E-state index in [0.717, 1.165) is 11.1 Å². The van der Waals surface area contributed by atoms with Crippen LogP contribution in [0.3, 0.4) is 0 Å². The summed E-state index contributed by atoms with van der Waals surface area (Å²) >= 11 is 0. The van der Waals surface area contributed by atoms with E-state index in [1.165, 1.54) is 34.3 Å². The van der Waals surface area contributed by atoms with Gasteiger partial charge in [-0.2, -0.15) is 0 Å². The number of carbonyl (C=O) groups excluding carboxylic acids is 1. The van der Waals surface area contributed by atoms with Crippen molar-refractivity contribution < 1.29 is 23.7 Å². The molecule has 110 valence electrons. The largest absolute Gasteiger partial charge is 0.492 e. The van der Waals surface area contributed by atoms with Crippen molar-refractivity contribution in [2.75, 3.05) is 28.4 Å². The topological polar surface area (TPSA) is 54.0 Å². The summed E-state index contributed by atoms with van der Waals surface area (Å²) in [5.41, 5.74) is 1.52. The fourth-order valence-corrected chi connectivity index (χ4v) is 2.01. The summed E-state index contributed by atoms with van der Waals surface area (Å²) < 4.78 is 21.5. The number of carbonyl (C=O) groups is 1. The van der Waals surface area contributed by atoms with Gasteiger partial charge < -0.3 is 18.9 Å². The first-order chi connectivity index (χ1) is 9.51. The maximum atomic E-state index is 11.1.